The fraction of sp³-hybridized carbons (Fsp3) is 0.444. The van der Waals surface area contributed by atoms with Crippen LogP contribution in [0.25, 0.3) is 5.57 Å². The number of anilines is 2. The van der Waals surface area contributed by atoms with Crippen molar-refractivity contribution in [3.63, 3.8) is 0 Å². The lowest BCUT2D eigenvalue weighted by Gasteiger charge is -2.39. The fourth-order valence-corrected chi connectivity index (χ4v) is 5.27. The molecule has 2 heterocycles. The summed E-state index contributed by atoms with van der Waals surface area (Å²) in [6, 6.07) is 14.9. The average molecular weight is 419 g/mol. The van der Waals surface area contributed by atoms with Crippen molar-refractivity contribution in [1.29, 1.82) is 0 Å². The molecule has 2 aromatic rings. The number of nitrogens with zero attached hydrogens (tertiary/aromatic N) is 1. The maximum Gasteiger partial charge on any atom is 0.337 e. The zero-order valence-corrected chi connectivity index (χ0v) is 19.0. The molecule has 1 aliphatic carbocycles. The Morgan fingerprint density at radius 1 is 1.06 bits per heavy atom. The van der Waals surface area contributed by atoms with E-state index in [0.29, 0.717) is 11.5 Å². The lowest BCUT2D eigenvalue weighted by atomic mass is 9.77. The van der Waals surface area contributed by atoms with Crippen LogP contribution in [0.3, 0.4) is 0 Å². The summed E-state index contributed by atoms with van der Waals surface area (Å²) in [5.41, 5.74) is 7.08. The van der Waals surface area contributed by atoms with Crippen LogP contribution in [0, 0.1) is 5.92 Å². The highest BCUT2D eigenvalue weighted by Crippen LogP contribution is 2.48. The maximum atomic E-state index is 12.2. The number of nitrogens with one attached hydrogen (secondary N) is 1. The molecule has 0 radical (unpaired) electrons. The lowest BCUT2D eigenvalue weighted by molar-refractivity contribution is 0.0600. The summed E-state index contributed by atoms with van der Waals surface area (Å²) in [7, 11) is 1.45. The number of methoxy groups -OCH3 is 1. The number of fused-ring (bicyclic) bond motifs is 5. The van der Waals surface area contributed by atoms with Crippen molar-refractivity contribution in [3.05, 3.63) is 65.2 Å². The van der Waals surface area contributed by atoms with E-state index in [9.17, 15) is 4.79 Å². The number of carbonyl (C=O) groups excluding carboxylic acids is 1. The molecule has 2 aromatic carbocycles. The van der Waals surface area contributed by atoms with E-state index in [1.807, 2.05) is 26.0 Å². The van der Waals surface area contributed by atoms with Gasteiger partial charge in [0, 0.05) is 35.6 Å². The normalized spacial score (nSPS) is 19.9. The van der Waals surface area contributed by atoms with Gasteiger partial charge in [-0.2, -0.15) is 0 Å². The van der Waals surface area contributed by atoms with Gasteiger partial charge in [0.25, 0.3) is 0 Å². The molecule has 4 nitrogen and oxygen atoms in total. The van der Waals surface area contributed by atoms with Crippen LogP contribution < -0.4 is 10.2 Å². The Hall–Kier alpha value is -2.75. The molecule has 31 heavy (non-hydrogen) atoms. The highest BCUT2D eigenvalue weighted by molar-refractivity contribution is 5.93. The topological polar surface area (TPSA) is 41.6 Å². The van der Waals surface area contributed by atoms with Crippen LogP contribution in [-0.2, 0) is 4.74 Å². The molecular weight excluding hydrogens is 384 g/mol. The summed E-state index contributed by atoms with van der Waals surface area (Å²) in [6.45, 7) is 5.77. The molecule has 1 atom stereocenters. The summed E-state index contributed by atoms with van der Waals surface area (Å²) in [5, 5.41) is 3.59. The molecule has 1 saturated carbocycles. The van der Waals surface area contributed by atoms with Gasteiger partial charge in [0.15, 0.2) is 0 Å². The first-order chi connectivity index (χ1) is 15.3. The minimum Gasteiger partial charge on any atom is -0.465 e. The fourth-order valence-electron chi connectivity index (χ4n) is 5.27. The van der Waals surface area contributed by atoms with Crippen molar-refractivity contribution >= 4 is 22.9 Å². The number of allylic oxidation sites excluding steroid dienone is 1. The molecule has 1 N–H and O–H groups in total. The second-order valence-corrected chi connectivity index (χ2v) is 8.33. The highest BCUT2D eigenvalue weighted by Gasteiger charge is 2.33. The van der Waals surface area contributed by atoms with Gasteiger partial charge in [-0.15, -0.1) is 0 Å². The van der Waals surface area contributed by atoms with Crippen LogP contribution in [0.4, 0.5) is 11.4 Å². The Kier molecular flexibility index (Phi) is 6.64. The molecule has 0 bridgehead atoms. The quantitative estimate of drug-likeness (QED) is 0.569. The van der Waals surface area contributed by atoms with E-state index in [4.69, 9.17) is 4.74 Å². The predicted molar refractivity (Wildman–Crippen MR) is 129 cm³/mol. The molecule has 5 rings (SSSR count). The third-order valence-electron chi connectivity index (χ3n) is 6.71. The van der Waals surface area contributed by atoms with Gasteiger partial charge in [0.2, 0.25) is 0 Å². The molecule has 3 aliphatic rings. The molecular formula is C27H34N2O2. The zero-order valence-electron chi connectivity index (χ0n) is 19.0. The van der Waals surface area contributed by atoms with E-state index in [2.05, 4.69) is 46.6 Å². The van der Waals surface area contributed by atoms with E-state index >= 15 is 0 Å². The molecule has 2 aliphatic heterocycles. The number of hydrogen-bond donors (Lipinski definition) is 1. The standard InChI is InChI=1S/C25H28N2O2.C2H6/c1-29-25(28)18-11-12-19-21(17-7-3-2-4-8-17)16-24-20-9-5-6-10-22(20)26-13-14-27(24)23(19)15-18;1-2/h5-6,9-12,15-17,24,26H,2-4,7-8,13-14H2,1H3;1-2H3. The Balaban J connectivity index is 0.00000112. The molecule has 164 valence electrons. The van der Waals surface area contributed by atoms with Crippen LogP contribution in [0.1, 0.15) is 73.5 Å². The number of rotatable bonds is 2. The molecule has 1 fully saturated rings. The second kappa shape index (κ2) is 9.59. The summed E-state index contributed by atoms with van der Waals surface area (Å²) < 4.78 is 5.00. The zero-order chi connectivity index (χ0) is 21.8. The SMILES string of the molecule is CC.COC(=O)c1ccc2c(c1)N1CCNc3ccccc3C1C=C2C1CCCCC1. The highest BCUT2D eigenvalue weighted by atomic mass is 16.5. The van der Waals surface area contributed by atoms with E-state index in [1.165, 1.54) is 67.3 Å². The average Bonchev–Trinajstić information content (AvgIpc) is 3.04. The number of para-hydroxylation sites is 1. The third kappa shape index (κ3) is 4.08. The first kappa shape index (κ1) is 21.5. The van der Waals surface area contributed by atoms with Crippen LogP contribution in [-0.4, -0.2) is 26.2 Å². The molecule has 0 spiro atoms. The molecule has 0 amide bonds. The Morgan fingerprint density at radius 2 is 1.84 bits per heavy atom. The van der Waals surface area contributed by atoms with Crippen LogP contribution in [0.2, 0.25) is 0 Å². The number of ether oxygens (including phenoxy) is 1. The third-order valence-corrected chi connectivity index (χ3v) is 6.71. The molecule has 4 heteroatoms. The van der Waals surface area contributed by atoms with Crippen LogP contribution in [0.5, 0.6) is 0 Å². The van der Waals surface area contributed by atoms with Crippen molar-refractivity contribution in [2.45, 2.75) is 52.0 Å². The summed E-state index contributed by atoms with van der Waals surface area (Å²) >= 11 is 0. The smallest absolute Gasteiger partial charge is 0.337 e. The van der Waals surface area contributed by atoms with Crippen LogP contribution >= 0.6 is 0 Å². The summed E-state index contributed by atoms with van der Waals surface area (Å²) in [6.07, 6.45) is 8.99. The second-order valence-electron chi connectivity index (χ2n) is 8.33. The van der Waals surface area contributed by atoms with Crippen molar-refractivity contribution in [3.8, 4) is 0 Å². The monoisotopic (exact) mass is 418 g/mol. The molecule has 1 unspecified atom stereocenters. The largest absolute Gasteiger partial charge is 0.465 e. The maximum absolute atomic E-state index is 12.2. The van der Waals surface area contributed by atoms with Gasteiger partial charge in [0.05, 0.1) is 18.7 Å². The first-order valence-corrected chi connectivity index (χ1v) is 11.8. The molecule has 0 aromatic heterocycles. The van der Waals surface area contributed by atoms with Gasteiger partial charge < -0.3 is 15.0 Å². The number of carbonyl (C=O) groups is 1. The van der Waals surface area contributed by atoms with Crippen molar-refractivity contribution in [2.75, 3.05) is 30.4 Å². The molecule has 0 saturated heterocycles. The number of hydrogen-bond acceptors (Lipinski definition) is 4. The van der Waals surface area contributed by atoms with E-state index < -0.39 is 0 Å². The van der Waals surface area contributed by atoms with E-state index in [-0.39, 0.29) is 12.0 Å². The van der Waals surface area contributed by atoms with Crippen molar-refractivity contribution < 1.29 is 9.53 Å². The minimum absolute atomic E-state index is 0.193. The van der Waals surface area contributed by atoms with Gasteiger partial charge in [0.1, 0.15) is 0 Å². The first-order valence-electron chi connectivity index (χ1n) is 11.8. The van der Waals surface area contributed by atoms with Gasteiger partial charge in [-0.3, -0.25) is 0 Å². The van der Waals surface area contributed by atoms with Gasteiger partial charge in [-0.25, -0.2) is 4.79 Å². The summed E-state index contributed by atoms with van der Waals surface area (Å²) in [5.74, 6) is 0.337. The van der Waals surface area contributed by atoms with E-state index in [0.717, 1.165) is 13.1 Å². The number of benzene rings is 2. The van der Waals surface area contributed by atoms with Crippen LogP contribution in [0.15, 0.2) is 48.5 Å². The minimum atomic E-state index is -0.272. The Morgan fingerprint density at radius 3 is 2.61 bits per heavy atom. The van der Waals surface area contributed by atoms with Crippen molar-refractivity contribution in [1.82, 2.24) is 0 Å². The Bertz CT molecular complexity index is 959. The van der Waals surface area contributed by atoms with Crippen molar-refractivity contribution in [2.24, 2.45) is 5.92 Å². The number of esters is 1. The lowest BCUT2D eigenvalue weighted by Crippen LogP contribution is -2.33. The Labute approximate surface area is 186 Å². The van der Waals surface area contributed by atoms with Gasteiger partial charge >= 0.3 is 5.97 Å². The van der Waals surface area contributed by atoms with Gasteiger partial charge in [-0.1, -0.05) is 63.5 Å². The van der Waals surface area contributed by atoms with E-state index in [1.54, 1.807) is 0 Å². The van der Waals surface area contributed by atoms with Gasteiger partial charge in [-0.05, 0) is 42.5 Å². The summed E-state index contributed by atoms with van der Waals surface area (Å²) in [4.78, 5) is 14.7. The predicted octanol–water partition coefficient (Wildman–Crippen LogP) is 6.45.